The summed E-state index contributed by atoms with van der Waals surface area (Å²) in [4.78, 5) is 14.9. The molecule has 2 N–H and O–H groups in total. The Bertz CT molecular complexity index is 747. The van der Waals surface area contributed by atoms with Crippen molar-refractivity contribution in [3.05, 3.63) is 68.6 Å². The van der Waals surface area contributed by atoms with E-state index in [1.54, 1.807) is 11.3 Å². The van der Waals surface area contributed by atoms with Crippen LogP contribution in [0.4, 0.5) is 0 Å². The van der Waals surface area contributed by atoms with Gasteiger partial charge in [0, 0.05) is 17.6 Å². The van der Waals surface area contributed by atoms with E-state index in [1.165, 1.54) is 5.56 Å². The number of aromatic nitrogens is 1. The first kappa shape index (κ1) is 13.1. The first-order valence-corrected chi connectivity index (χ1v) is 7.60. The fraction of sp³-hybridized carbons (Fsp3) is 0.188. The summed E-state index contributed by atoms with van der Waals surface area (Å²) >= 11 is 1.72. The van der Waals surface area contributed by atoms with Crippen molar-refractivity contribution >= 4 is 22.2 Å². The van der Waals surface area contributed by atoms with E-state index in [-0.39, 0.29) is 5.56 Å². The fourth-order valence-corrected chi connectivity index (χ4v) is 2.92. The topological polar surface area (TPSA) is 44.9 Å². The standard InChI is InChI=1S/C16H16N2OS/c19-16-14(9-13-3-1-2-4-15(13)18-16)10-17-7-5-12-6-8-20-11-12/h1-4,6,8-9,11,17H,5,7,10H2,(H,18,19). The van der Waals surface area contributed by atoms with Crippen LogP contribution < -0.4 is 10.9 Å². The van der Waals surface area contributed by atoms with Crippen LogP contribution in [0.15, 0.2) is 52.0 Å². The van der Waals surface area contributed by atoms with Gasteiger partial charge in [0.05, 0.1) is 0 Å². The second-order valence-corrected chi connectivity index (χ2v) is 5.55. The van der Waals surface area contributed by atoms with Crippen LogP contribution in [0.2, 0.25) is 0 Å². The molecule has 0 saturated heterocycles. The minimum Gasteiger partial charge on any atom is -0.322 e. The monoisotopic (exact) mass is 284 g/mol. The number of hydrogen-bond acceptors (Lipinski definition) is 3. The van der Waals surface area contributed by atoms with E-state index in [1.807, 2.05) is 30.3 Å². The zero-order chi connectivity index (χ0) is 13.8. The molecule has 0 aliphatic carbocycles. The normalized spacial score (nSPS) is 11.0. The highest BCUT2D eigenvalue weighted by atomic mass is 32.1. The Labute approximate surface area is 121 Å². The summed E-state index contributed by atoms with van der Waals surface area (Å²) in [5.74, 6) is 0. The second-order valence-electron chi connectivity index (χ2n) is 4.77. The molecule has 2 aromatic heterocycles. The Kier molecular flexibility index (Phi) is 3.95. The highest BCUT2D eigenvalue weighted by Gasteiger charge is 2.02. The summed E-state index contributed by atoms with van der Waals surface area (Å²) < 4.78 is 0. The van der Waals surface area contributed by atoms with E-state index in [9.17, 15) is 4.79 Å². The molecule has 1 aromatic carbocycles. The number of fused-ring (bicyclic) bond motifs is 1. The molecule has 3 nitrogen and oxygen atoms in total. The van der Waals surface area contributed by atoms with Crippen molar-refractivity contribution in [1.82, 2.24) is 10.3 Å². The van der Waals surface area contributed by atoms with Gasteiger partial charge in [-0.15, -0.1) is 0 Å². The van der Waals surface area contributed by atoms with E-state index in [0.29, 0.717) is 6.54 Å². The van der Waals surface area contributed by atoms with Crippen molar-refractivity contribution in [1.29, 1.82) is 0 Å². The molecular formula is C16H16N2OS. The summed E-state index contributed by atoms with van der Waals surface area (Å²) in [7, 11) is 0. The molecule has 0 bridgehead atoms. The SMILES string of the molecule is O=c1[nH]c2ccccc2cc1CNCCc1ccsc1. The minimum absolute atomic E-state index is 0.00765. The molecule has 0 spiro atoms. The minimum atomic E-state index is -0.00765. The van der Waals surface area contributed by atoms with Crippen LogP contribution >= 0.6 is 11.3 Å². The lowest BCUT2D eigenvalue weighted by Gasteiger charge is -2.05. The Morgan fingerprint density at radius 2 is 2.10 bits per heavy atom. The van der Waals surface area contributed by atoms with Crippen molar-refractivity contribution < 1.29 is 0 Å². The molecule has 0 saturated carbocycles. The van der Waals surface area contributed by atoms with Crippen molar-refractivity contribution in [3.8, 4) is 0 Å². The smallest absolute Gasteiger partial charge is 0.252 e. The van der Waals surface area contributed by atoms with Gasteiger partial charge < -0.3 is 10.3 Å². The van der Waals surface area contributed by atoms with Gasteiger partial charge in [0.25, 0.3) is 5.56 Å². The summed E-state index contributed by atoms with van der Waals surface area (Å²) in [6.45, 7) is 1.48. The largest absolute Gasteiger partial charge is 0.322 e. The first-order chi connectivity index (χ1) is 9.83. The average Bonchev–Trinajstić information content (AvgIpc) is 2.97. The van der Waals surface area contributed by atoms with Crippen LogP contribution in [0.25, 0.3) is 10.9 Å². The molecule has 0 radical (unpaired) electrons. The van der Waals surface area contributed by atoms with Crippen LogP contribution in [0.5, 0.6) is 0 Å². The third-order valence-corrected chi connectivity index (χ3v) is 4.05. The van der Waals surface area contributed by atoms with Gasteiger partial charge >= 0.3 is 0 Å². The lowest BCUT2D eigenvalue weighted by atomic mass is 10.1. The van der Waals surface area contributed by atoms with Gasteiger partial charge in [0.1, 0.15) is 0 Å². The third kappa shape index (κ3) is 2.98. The predicted octanol–water partition coefficient (Wildman–Crippen LogP) is 2.92. The van der Waals surface area contributed by atoms with Gasteiger partial charge in [-0.25, -0.2) is 0 Å². The van der Waals surface area contributed by atoms with Gasteiger partial charge in [-0.05, 0) is 52.9 Å². The number of benzene rings is 1. The number of aromatic amines is 1. The zero-order valence-corrected chi connectivity index (χ0v) is 11.9. The van der Waals surface area contributed by atoms with Gasteiger partial charge in [0.15, 0.2) is 0 Å². The van der Waals surface area contributed by atoms with Gasteiger partial charge in [-0.1, -0.05) is 18.2 Å². The van der Waals surface area contributed by atoms with Gasteiger partial charge in [-0.2, -0.15) is 11.3 Å². The molecule has 3 rings (SSSR count). The summed E-state index contributed by atoms with van der Waals surface area (Å²) in [6, 6.07) is 11.9. The van der Waals surface area contributed by atoms with Crippen LogP contribution in [-0.4, -0.2) is 11.5 Å². The molecule has 4 heteroatoms. The number of nitrogens with one attached hydrogen (secondary N) is 2. The third-order valence-electron chi connectivity index (χ3n) is 3.32. The number of hydrogen-bond donors (Lipinski definition) is 2. The lowest BCUT2D eigenvalue weighted by Crippen LogP contribution is -2.22. The maximum absolute atomic E-state index is 12.0. The summed E-state index contributed by atoms with van der Waals surface area (Å²) in [5, 5.41) is 8.65. The predicted molar refractivity (Wildman–Crippen MR) is 84.3 cm³/mol. The number of para-hydroxylation sites is 1. The van der Waals surface area contributed by atoms with E-state index in [4.69, 9.17) is 0 Å². The molecule has 0 amide bonds. The maximum Gasteiger partial charge on any atom is 0.252 e. The second kappa shape index (κ2) is 6.03. The number of pyridine rings is 1. The van der Waals surface area contributed by atoms with Crippen LogP contribution in [0.1, 0.15) is 11.1 Å². The molecule has 0 unspecified atom stereocenters. The molecular weight excluding hydrogens is 268 g/mol. The van der Waals surface area contributed by atoms with Crippen molar-refractivity contribution in [2.24, 2.45) is 0 Å². The number of thiophene rings is 1. The quantitative estimate of drug-likeness (QED) is 0.708. The zero-order valence-electron chi connectivity index (χ0n) is 11.1. The maximum atomic E-state index is 12.0. The van der Waals surface area contributed by atoms with Crippen molar-refractivity contribution in [2.45, 2.75) is 13.0 Å². The van der Waals surface area contributed by atoms with E-state index >= 15 is 0 Å². The average molecular weight is 284 g/mol. The van der Waals surface area contributed by atoms with E-state index < -0.39 is 0 Å². The Morgan fingerprint density at radius 3 is 2.95 bits per heavy atom. The molecule has 0 aliphatic rings. The van der Waals surface area contributed by atoms with Gasteiger partial charge in [0.2, 0.25) is 0 Å². The number of H-pyrrole nitrogens is 1. The Morgan fingerprint density at radius 1 is 1.20 bits per heavy atom. The fourth-order valence-electron chi connectivity index (χ4n) is 2.21. The van der Waals surface area contributed by atoms with Crippen molar-refractivity contribution in [2.75, 3.05) is 6.54 Å². The van der Waals surface area contributed by atoms with Crippen LogP contribution in [-0.2, 0) is 13.0 Å². The molecule has 102 valence electrons. The summed E-state index contributed by atoms with van der Waals surface area (Å²) in [6.07, 6.45) is 0.995. The molecule has 0 atom stereocenters. The van der Waals surface area contributed by atoms with E-state index in [2.05, 4.69) is 27.1 Å². The molecule has 0 fully saturated rings. The molecule has 2 heterocycles. The molecule has 3 aromatic rings. The van der Waals surface area contributed by atoms with E-state index in [0.717, 1.165) is 29.4 Å². The van der Waals surface area contributed by atoms with Crippen molar-refractivity contribution in [3.63, 3.8) is 0 Å². The van der Waals surface area contributed by atoms with Crippen LogP contribution in [0, 0.1) is 0 Å². The first-order valence-electron chi connectivity index (χ1n) is 6.66. The molecule has 0 aliphatic heterocycles. The highest BCUT2D eigenvalue weighted by molar-refractivity contribution is 7.07. The Balaban J connectivity index is 1.65. The molecule has 20 heavy (non-hydrogen) atoms. The highest BCUT2D eigenvalue weighted by Crippen LogP contribution is 2.10. The summed E-state index contributed by atoms with van der Waals surface area (Å²) in [5.41, 5.74) is 3.01. The lowest BCUT2D eigenvalue weighted by molar-refractivity contribution is 0.683. The number of rotatable bonds is 5. The van der Waals surface area contributed by atoms with Crippen LogP contribution in [0.3, 0.4) is 0 Å². The Hall–Kier alpha value is -1.91. The van der Waals surface area contributed by atoms with Gasteiger partial charge in [-0.3, -0.25) is 4.79 Å².